The summed E-state index contributed by atoms with van der Waals surface area (Å²) in [7, 11) is 1.81. The number of rotatable bonds is 3. The third kappa shape index (κ3) is 2.76. The van der Waals surface area contributed by atoms with E-state index in [1.54, 1.807) is 17.0 Å². The molecular weight excluding hydrogens is 309 g/mol. The van der Waals surface area contributed by atoms with Crippen LogP contribution in [0.2, 0.25) is 0 Å². The Morgan fingerprint density at radius 2 is 1.95 bits per heavy atom. The molecule has 0 radical (unpaired) electrons. The number of hydrogen-bond donors (Lipinski definition) is 2. The first-order valence-corrected chi connectivity index (χ1v) is 6.42. The second-order valence-electron chi connectivity index (χ2n) is 4.09. The summed E-state index contributed by atoms with van der Waals surface area (Å²) in [6.45, 7) is 0. The highest BCUT2D eigenvalue weighted by Crippen LogP contribution is 2.31. The molecule has 0 unspecified atom stereocenters. The number of nitrogens with zero attached hydrogens (tertiary/aromatic N) is 1. The van der Waals surface area contributed by atoms with Crippen molar-refractivity contribution in [3.8, 4) is 0 Å². The summed E-state index contributed by atoms with van der Waals surface area (Å²) < 4.78 is 14.0. The molecule has 0 aliphatic rings. The van der Waals surface area contributed by atoms with Crippen LogP contribution in [0.25, 0.3) is 0 Å². The maximum atomic E-state index is 13.3. The van der Waals surface area contributed by atoms with Gasteiger partial charge in [-0.1, -0.05) is 12.1 Å². The summed E-state index contributed by atoms with van der Waals surface area (Å²) in [4.78, 5) is 1.80. The van der Waals surface area contributed by atoms with Gasteiger partial charge in [0.1, 0.15) is 11.7 Å². The minimum absolute atomic E-state index is 0.0364. The van der Waals surface area contributed by atoms with E-state index >= 15 is 0 Å². The average molecular weight is 322 g/mol. The Hall–Kier alpha value is -1.88. The van der Waals surface area contributed by atoms with Gasteiger partial charge in [0.2, 0.25) is 0 Å². The van der Waals surface area contributed by atoms with Gasteiger partial charge >= 0.3 is 0 Å². The molecule has 0 fully saturated rings. The molecule has 0 aromatic heterocycles. The lowest BCUT2D eigenvalue weighted by atomic mass is 10.1. The van der Waals surface area contributed by atoms with Gasteiger partial charge in [-0.05, 0) is 46.3 Å². The standard InChI is InChI=1S/C14H13BrFN3/c1-19(10-5-2-4-9(16)8-10)12-7-3-6-11(15)13(12)14(17)18/h2-8H,1H3,(H3,17,18). The fourth-order valence-corrected chi connectivity index (χ4v) is 2.45. The smallest absolute Gasteiger partial charge is 0.126 e. The first-order chi connectivity index (χ1) is 9.00. The Morgan fingerprint density at radius 1 is 1.26 bits per heavy atom. The van der Waals surface area contributed by atoms with Crippen molar-refractivity contribution in [2.75, 3.05) is 11.9 Å². The quantitative estimate of drug-likeness (QED) is 0.669. The van der Waals surface area contributed by atoms with Crippen LogP contribution in [0, 0.1) is 11.2 Å². The molecule has 0 saturated carbocycles. The third-order valence-electron chi connectivity index (χ3n) is 2.82. The monoisotopic (exact) mass is 321 g/mol. The van der Waals surface area contributed by atoms with Crippen molar-refractivity contribution in [3.05, 3.63) is 58.3 Å². The predicted octanol–water partition coefficient (Wildman–Crippen LogP) is 3.64. The highest BCUT2D eigenvalue weighted by atomic mass is 79.9. The Bertz CT molecular complexity index is 628. The first-order valence-electron chi connectivity index (χ1n) is 5.63. The van der Waals surface area contributed by atoms with E-state index in [-0.39, 0.29) is 11.7 Å². The van der Waals surface area contributed by atoms with Crippen molar-refractivity contribution in [3.63, 3.8) is 0 Å². The van der Waals surface area contributed by atoms with Gasteiger partial charge in [-0.15, -0.1) is 0 Å². The van der Waals surface area contributed by atoms with Gasteiger partial charge in [0.05, 0.1) is 11.3 Å². The van der Waals surface area contributed by atoms with Gasteiger partial charge in [0.15, 0.2) is 0 Å². The van der Waals surface area contributed by atoms with Gasteiger partial charge in [0.25, 0.3) is 0 Å². The summed E-state index contributed by atoms with van der Waals surface area (Å²) in [5.41, 5.74) is 7.64. The van der Waals surface area contributed by atoms with E-state index in [0.717, 1.165) is 10.2 Å². The Labute approximate surface area is 119 Å². The molecular formula is C14H13BrFN3. The molecule has 3 nitrogen and oxygen atoms in total. The van der Waals surface area contributed by atoms with Gasteiger partial charge in [-0.2, -0.15) is 0 Å². The third-order valence-corrected chi connectivity index (χ3v) is 3.48. The highest BCUT2D eigenvalue weighted by molar-refractivity contribution is 9.10. The lowest BCUT2D eigenvalue weighted by molar-refractivity contribution is 0.628. The molecule has 0 spiro atoms. The van der Waals surface area contributed by atoms with E-state index in [1.807, 2.05) is 25.2 Å². The zero-order valence-corrected chi connectivity index (χ0v) is 11.9. The van der Waals surface area contributed by atoms with Crippen molar-refractivity contribution < 1.29 is 4.39 Å². The number of nitrogens with two attached hydrogens (primary N) is 1. The van der Waals surface area contributed by atoms with Gasteiger partial charge < -0.3 is 10.6 Å². The molecule has 2 aromatic carbocycles. The average Bonchev–Trinajstić information content (AvgIpc) is 2.37. The summed E-state index contributed by atoms with van der Waals surface area (Å²) in [6.07, 6.45) is 0. The number of benzene rings is 2. The maximum Gasteiger partial charge on any atom is 0.126 e. The van der Waals surface area contributed by atoms with Crippen LogP contribution >= 0.6 is 15.9 Å². The Morgan fingerprint density at radius 3 is 2.58 bits per heavy atom. The molecule has 0 atom stereocenters. The van der Waals surface area contributed by atoms with Crippen LogP contribution in [0.1, 0.15) is 5.56 Å². The molecule has 0 amide bonds. The van der Waals surface area contributed by atoms with Gasteiger partial charge in [-0.25, -0.2) is 4.39 Å². The van der Waals surface area contributed by atoms with Crippen molar-refractivity contribution in [1.29, 1.82) is 5.41 Å². The summed E-state index contributed by atoms with van der Waals surface area (Å²) in [5.74, 6) is -0.338. The van der Waals surface area contributed by atoms with Crippen LogP contribution < -0.4 is 10.6 Å². The van der Waals surface area contributed by atoms with E-state index in [2.05, 4.69) is 15.9 Å². The molecule has 2 rings (SSSR count). The van der Waals surface area contributed by atoms with E-state index in [0.29, 0.717) is 11.3 Å². The van der Waals surface area contributed by atoms with Crippen LogP contribution in [0.5, 0.6) is 0 Å². The predicted molar refractivity (Wildman–Crippen MR) is 79.6 cm³/mol. The van der Waals surface area contributed by atoms with Crippen LogP contribution in [0.4, 0.5) is 15.8 Å². The van der Waals surface area contributed by atoms with E-state index in [4.69, 9.17) is 11.1 Å². The maximum absolute atomic E-state index is 13.3. The zero-order valence-electron chi connectivity index (χ0n) is 10.3. The fraction of sp³-hybridized carbons (Fsp3) is 0.0714. The van der Waals surface area contributed by atoms with E-state index in [1.165, 1.54) is 12.1 Å². The lowest BCUT2D eigenvalue weighted by Crippen LogP contribution is -2.19. The molecule has 0 aliphatic carbocycles. The van der Waals surface area contributed by atoms with Crippen molar-refractivity contribution in [1.82, 2.24) is 0 Å². The molecule has 0 bridgehead atoms. The number of anilines is 2. The number of amidine groups is 1. The molecule has 19 heavy (non-hydrogen) atoms. The molecule has 3 N–H and O–H groups in total. The molecule has 0 heterocycles. The molecule has 5 heteroatoms. The topological polar surface area (TPSA) is 53.1 Å². The second-order valence-corrected chi connectivity index (χ2v) is 4.94. The summed E-state index contributed by atoms with van der Waals surface area (Å²) >= 11 is 3.38. The summed E-state index contributed by atoms with van der Waals surface area (Å²) in [6, 6.07) is 11.8. The van der Waals surface area contributed by atoms with Crippen LogP contribution in [-0.4, -0.2) is 12.9 Å². The highest BCUT2D eigenvalue weighted by Gasteiger charge is 2.14. The molecule has 98 valence electrons. The lowest BCUT2D eigenvalue weighted by Gasteiger charge is -2.23. The van der Waals surface area contributed by atoms with E-state index in [9.17, 15) is 4.39 Å². The number of halogens is 2. The number of hydrogen-bond acceptors (Lipinski definition) is 2. The Kier molecular flexibility index (Phi) is 3.85. The number of nitrogens with one attached hydrogen (secondary N) is 1. The largest absolute Gasteiger partial charge is 0.384 e. The normalized spacial score (nSPS) is 10.3. The van der Waals surface area contributed by atoms with Crippen LogP contribution in [0.3, 0.4) is 0 Å². The van der Waals surface area contributed by atoms with Gasteiger partial charge in [-0.3, -0.25) is 5.41 Å². The Balaban J connectivity index is 2.53. The van der Waals surface area contributed by atoms with Gasteiger partial charge in [0, 0.05) is 17.2 Å². The zero-order chi connectivity index (χ0) is 14.0. The van der Waals surface area contributed by atoms with Crippen LogP contribution in [-0.2, 0) is 0 Å². The van der Waals surface area contributed by atoms with Crippen LogP contribution in [0.15, 0.2) is 46.9 Å². The van der Waals surface area contributed by atoms with Crippen molar-refractivity contribution >= 4 is 33.1 Å². The molecule has 2 aromatic rings. The fourth-order valence-electron chi connectivity index (χ4n) is 1.88. The molecule has 0 saturated heterocycles. The van der Waals surface area contributed by atoms with Crippen molar-refractivity contribution in [2.45, 2.75) is 0 Å². The minimum atomic E-state index is -0.302. The van der Waals surface area contributed by atoms with E-state index < -0.39 is 0 Å². The number of nitrogen functional groups attached to an aromatic ring is 1. The minimum Gasteiger partial charge on any atom is -0.384 e. The first kappa shape index (κ1) is 13.5. The second kappa shape index (κ2) is 5.40. The SMILES string of the molecule is CN(c1cccc(F)c1)c1cccc(Br)c1C(=N)N. The van der Waals surface area contributed by atoms with Crippen molar-refractivity contribution in [2.24, 2.45) is 5.73 Å². The summed E-state index contributed by atoms with van der Waals surface area (Å²) in [5, 5.41) is 7.66. The molecule has 0 aliphatic heterocycles.